The molecule has 0 spiro atoms. The number of imide groups is 1. The summed E-state index contributed by atoms with van der Waals surface area (Å²) in [4.78, 5) is 25.0. The highest BCUT2D eigenvalue weighted by atomic mass is 35.5. The maximum atomic E-state index is 11.9. The SMILES string of the molecule is CC1(C)C(=O)NC(=O)CN1c1ccc(C#N)c(Cl)c1. The smallest absolute Gasteiger partial charge is 0.251 e. The van der Waals surface area contributed by atoms with E-state index in [9.17, 15) is 9.59 Å². The number of hydrogen-bond acceptors (Lipinski definition) is 4. The third kappa shape index (κ3) is 2.27. The van der Waals surface area contributed by atoms with Crippen molar-refractivity contribution in [2.24, 2.45) is 0 Å². The summed E-state index contributed by atoms with van der Waals surface area (Å²) >= 11 is 5.98. The highest BCUT2D eigenvalue weighted by molar-refractivity contribution is 6.32. The van der Waals surface area contributed by atoms with Gasteiger partial charge in [0.1, 0.15) is 11.6 Å². The van der Waals surface area contributed by atoms with Gasteiger partial charge in [-0.15, -0.1) is 0 Å². The molecule has 0 bridgehead atoms. The summed E-state index contributed by atoms with van der Waals surface area (Å²) in [6, 6.07) is 6.81. The Hall–Kier alpha value is -2.06. The number of piperazine rings is 1. The van der Waals surface area contributed by atoms with Gasteiger partial charge in [-0.3, -0.25) is 14.9 Å². The van der Waals surface area contributed by atoms with Gasteiger partial charge >= 0.3 is 0 Å². The van der Waals surface area contributed by atoms with E-state index in [-0.39, 0.29) is 18.4 Å². The number of rotatable bonds is 1. The molecule has 0 radical (unpaired) electrons. The number of hydrogen-bond donors (Lipinski definition) is 1. The molecule has 1 saturated heterocycles. The van der Waals surface area contributed by atoms with Gasteiger partial charge < -0.3 is 4.90 Å². The van der Waals surface area contributed by atoms with E-state index in [4.69, 9.17) is 16.9 Å². The zero-order chi connectivity index (χ0) is 14.2. The number of nitrogens with zero attached hydrogens (tertiary/aromatic N) is 2. The highest BCUT2D eigenvalue weighted by Gasteiger charge is 2.41. The van der Waals surface area contributed by atoms with Gasteiger partial charge in [0.25, 0.3) is 5.91 Å². The summed E-state index contributed by atoms with van der Waals surface area (Å²) in [6.45, 7) is 3.52. The number of nitriles is 1. The zero-order valence-corrected chi connectivity index (χ0v) is 11.3. The third-order valence-electron chi connectivity index (χ3n) is 3.17. The van der Waals surface area contributed by atoms with Crippen LogP contribution in [-0.2, 0) is 9.59 Å². The molecule has 0 atom stereocenters. The van der Waals surface area contributed by atoms with Crippen LogP contribution in [0.3, 0.4) is 0 Å². The van der Waals surface area contributed by atoms with Crippen molar-refractivity contribution in [2.75, 3.05) is 11.4 Å². The molecule has 1 N–H and O–H groups in total. The number of nitrogens with one attached hydrogen (secondary N) is 1. The Morgan fingerprint density at radius 2 is 2.11 bits per heavy atom. The summed E-state index contributed by atoms with van der Waals surface area (Å²) in [6.07, 6.45) is 0. The summed E-state index contributed by atoms with van der Waals surface area (Å²) in [5.41, 5.74) is 0.138. The van der Waals surface area contributed by atoms with Gasteiger partial charge in [-0.25, -0.2) is 0 Å². The molecular formula is C13H12ClN3O2. The minimum Gasteiger partial charge on any atom is -0.348 e. The van der Waals surface area contributed by atoms with Crippen LogP contribution >= 0.6 is 11.6 Å². The maximum Gasteiger partial charge on any atom is 0.251 e. The molecule has 0 aliphatic carbocycles. The molecule has 1 aromatic carbocycles. The second kappa shape index (κ2) is 4.56. The summed E-state index contributed by atoms with van der Waals surface area (Å²) < 4.78 is 0. The van der Waals surface area contributed by atoms with Crippen LogP contribution in [0, 0.1) is 11.3 Å². The molecule has 0 aromatic heterocycles. The van der Waals surface area contributed by atoms with Crippen LogP contribution in [-0.4, -0.2) is 23.9 Å². The average Bonchev–Trinajstić information content (AvgIpc) is 2.34. The van der Waals surface area contributed by atoms with Crippen LogP contribution in [0.1, 0.15) is 19.4 Å². The Balaban J connectivity index is 2.45. The van der Waals surface area contributed by atoms with E-state index in [1.165, 1.54) is 0 Å². The van der Waals surface area contributed by atoms with Gasteiger partial charge in [0.05, 0.1) is 17.1 Å². The summed E-state index contributed by atoms with van der Waals surface area (Å²) in [5, 5.41) is 11.4. The van der Waals surface area contributed by atoms with Crippen LogP contribution in [0.5, 0.6) is 0 Å². The first kappa shape index (κ1) is 13.4. The zero-order valence-electron chi connectivity index (χ0n) is 10.5. The van der Waals surface area contributed by atoms with Crippen molar-refractivity contribution in [1.82, 2.24) is 5.32 Å². The lowest BCUT2D eigenvalue weighted by molar-refractivity contribution is -0.135. The van der Waals surface area contributed by atoms with Gasteiger partial charge in [0, 0.05) is 5.69 Å². The van der Waals surface area contributed by atoms with E-state index in [1.54, 1.807) is 36.9 Å². The summed E-state index contributed by atoms with van der Waals surface area (Å²) in [7, 11) is 0. The van der Waals surface area contributed by atoms with E-state index in [0.717, 1.165) is 0 Å². The van der Waals surface area contributed by atoms with Crippen molar-refractivity contribution >= 4 is 29.1 Å². The average molecular weight is 278 g/mol. The van der Waals surface area contributed by atoms with E-state index >= 15 is 0 Å². The molecule has 5 nitrogen and oxygen atoms in total. The molecule has 1 aromatic rings. The maximum absolute atomic E-state index is 11.9. The highest BCUT2D eigenvalue weighted by Crippen LogP contribution is 2.29. The fourth-order valence-electron chi connectivity index (χ4n) is 1.96. The van der Waals surface area contributed by atoms with Crippen molar-refractivity contribution < 1.29 is 9.59 Å². The van der Waals surface area contributed by atoms with Gasteiger partial charge in [-0.2, -0.15) is 5.26 Å². The van der Waals surface area contributed by atoms with E-state index < -0.39 is 5.54 Å². The lowest BCUT2D eigenvalue weighted by Gasteiger charge is -2.41. The predicted octanol–water partition coefficient (Wildman–Crippen LogP) is 1.45. The molecule has 1 aliphatic rings. The number of carbonyl (C=O) groups excluding carboxylic acids is 2. The fourth-order valence-corrected chi connectivity index (χ4v) is 2.18. The Morgan fingerprint density at radius 1 is 1.42 bits per heavy atom. The molecule has 98 valence electrons. The van der Waals surface area contributed by atoms with Gasteiger partial charge in [-0.1, -0.05) is 11.6 Å². The Morgan fingerprint density at radius 3 is 2.68 bits per heavy atom. The van der Waals surface area contributed by atoms with Gasteiger partial charge in [0.15, 0.2) is 0 Å². The first-order valence-corrected chi connectivity index (χ1v) is 6.05. The second-order valence-corrected chi connectivity index (χ2v) is 5.21. The standard InChI is InChI=1S/C13H12ClN3O2/c1-13(2)12(19)16-11(18)7-17(13)9-4-3-8(6-15)10(14)5-9/h3-5H,7H2,1-2H3,(H,16,18,19). The first-order chi connectivity index (χ1) is 8.86. The fraction of sp³-hybridized carbons (Fsp3) is 0.308. The lowest BCUT2D eigenvalue weighted by Crippen LogP contribution is -2.64. The minimum atomic E-state index is -0.856. The monoisotopic (exact) mass is 277 g/mol. The van der Waals surface area contributed by atoms with E-state index in [1.807, 2.05) is 6.07 Å². The summed E-state index contributed by atoms with van der Waals surface area (Å²) in [5.74, 6) is -0.714. The predicted molar refractivity (Wildman–Crippen MR) is 70.7 cm³/mol. The number of halogens is 1. The molecule has 2 rings (SSSR count). The minimum absolute atomic E-state index is 0.0704. The first-order valence-electron chi connectivity index (χ1n) is 5.68. The van der Waals surface area contributed by atoms with Gasteiger partial charge in [-0.05, 0) is 32.0 Å². The third-order valence-corrected chi connectivity index (χ3v) is 3.48. The molecule has 19 heavy (non-hydrogen) atoms. The Labute approximate surface area is 115 Å². The van der Waals surface area contributed by atoms with Crippen LogP contribution in [0.4, 0.5) is 5.69 Å². The molecule has 1 heterocycles. The van der Waals surface area contributed by atoms with Crippen LogP contribution in [0.15, 0.2) is 18.2 Å². The van der Waals surface area contributed by atoms with Crippen molar-refractivity contribution in [1.29, 1.82) is 5.26 Å². The molecule has 1 fully saturated rings. The van der Waals surface area contributed by atoms with Crippen LogP contribution < -0.4 is 10.2 Å². The van der Waals surface area contributed by atoms with E-state index in [2.05, 4.69) is 5.32 Å². The molecule has 6 heteroatoms. The van der Waals surface area contributed by atoms with Crippen molar-refractivity contribution in [3.63, 3.8) is 0 Å². The Bertz CT molecular complexity index is 604. The largest absolute Gasteiger partial charge is 0.348 e. The van der Waals surface area contributed by atoms with Crippen molar-refractivity contribution in [3.05, 3.63) is 28.8 Å². The van der Waals surface area contributed by atoms with Crippen molar-refractivity contribution in [2.45, 2.75) is 19.4 Å². The number of amides is 2. The second-order valence-electron chi connectivity index (χ2n) is 4.80. The van der Waals surface area contributed by atoms with Crippen LogP contribution in [0.25, 0.3) is 0 Å². The lowest BCUT2D eigenvalue weighted by atomic mass is 9.97. The molecule has 0 saturated carbocycles. The molecule has 1 aliphatic heterocycles. The molecule has 2 amide bonds. The number of benzene rings is 1. The topological polar surface area (TPSA) is 73.2 Å². The Kier molecular flexibility index (Phi) is 3.21. The van der Waals surface area contributed by atoms with Crippen molar-refractivity contribution in [3.8, 4) is 6.07 Å². The molecular weight excluding hydrogens is 266 g/mol. The number of anilines is 1. The van der Waals surface area contributed by atoms with Gasteiger partial charge in [0.2, 0.25) is 5.91 Å². The number of carbonyl (C=O) groups is 2. The van der Waals surface area contributed by atoms with E-state index in [0.29, 0.717) is 16.3 Å². The normalized spacial score (nSPS) is 17.9. The quantitative estimate of drug-likeness (QED) is 0.789. The molecule has 0 unspecified atom stereocenters. The van der Waals surface area contributed by atoms with Crippen LogP contribution in [0.2, 0.25) is 5.02 Å².